The van der Waals surface area contributed by atoms with E-state index in [4.69, 9.17) is 0 Å². The monoisotopic (exact) mass is 294 g/mol. The van der Waals surface area contributed by atoms with E-state index in [0.29, 0.717) is 0 Å². The van der Waals surface area contributed by atoms with Gasteiger partial charge in [0.2, 0.25) is 0 Å². The van der Waals surface area contributed by atoms with E-state index < -0.39 is 0 Å². The first-order valence-electron chi connectivity index (χ1n) is 7.99. The summed E-state index contributed by atoms with van der Waals surface area (Å²) in [7, 11) is 1.23. The molecule has 0 saturated heterocycles. The van der Waals surface area contributed by atoms with Gasteiger partial charge in [0.1, 0.15) is 0 Å². The standard InChI is InChI=1S/C16H35P.ClH/c1-5-9-11-15(7-3)13-17-14-16(8-4)12-10-6-2;/h15-17H,5-14H2,1-4H3;1H. The lowest BCUT2D eigenvalue weighted by Crippen LogP contribution is -2.06. The third-order valence-electron chi connectivity index (χ3n) is 3.95. The SMILES string of the molecule is CCCCC(CC)CPCC(CC)CCCC.Cl. The molecule has 0 fully saturated rings. The average molecular weight is 295 g/mol. The van der Waals surface area contributed by atoms with Gasteiger partial charge in [-0.25, -0.2) is 0 Å². The van der Waals surface area contributed by atoms with Gasteiger partial charge in [-0.3, -0.25) is 0 Å². The predicted octanol–water partition coefficient (Wildman–Crippen LogP) is 6.52. The third-order valence-corrected chi connectivity index (χ3v) is 5.68. The number of rotatable bonds is 12. The van der Waals surface area contributed by atoms with E-state index in [1.165, 1.54) is 72.3 Å². The van der Waals surface area contributed by atoms with Gasteiger partial charge in [0.25, 0.3) is 0 Å². The van der Waals surface area contributed by atoms with Gasteiger partial charge in [0.15, 0.2) is 0 Å². The smallest absolute Gasteiger partial charge is 0.0325 e. The van der Waals surface area contributed by atoms with Gasteiger partial charge in [-0.05, 0) is 24.2 Å². The first kappa shape index (κ1) is 21.0. The van der Waals surface area contributed by atoms with Gasteiger partial charge in [-0.1, -0.05) is 79.1 Å². The fraction of sp³-hybridized carbons (Fsp3) is 1.00. The Bertz CT molecular complexity index is 134. The molecule has 112 valence electrons. The molecule has 0 N–H and O–H groups in total. The second-order valence-corrected chi connectivity index (χ2v) is 6.81. The molecule has 0 saturated carbocycles. The number of hydrogen-bond acceptors (Lipinski definition) is 0. The maximum Gasteiger partial charge on any atom is -0.0325 e. The van der Waals surface area contributed by atoms with E-state index in [1.807, 2.05) is 0 Å². The van der Waals surface area contributed by atoms with Crippen molar-refractivity contribution in [1.29, 1.82) is 0 Å². The van der Waals surface area contributed by atoms with Crippen molar-refractivity contribution in [2.24, 2.45) is 11.8 Å². The van der Waals surface area contributed by atoms with Crippen molar-refractivity contribution >= 4 is 21.0 Å². The fourth-order valence-corrected chi connectivity index (χ4v) is 4.35. The third kappa shape index (κ3) is 11.8. The topological polar surface area (TPSA) is 0 Å². The Morgan fingerprint density at radius 3 is 1.39 bits per heavy atom. The molecule has 2 unspecified atom stereocenters. The fourth-order valence-electron chi connectivity index (χ4n) is 2.38. The Morgan fingerprint density at radius 1 is 0.722 bits per heavy atom. The Hall–Kier alpha value is 0.720. The molecule has 0 aromatic carbocycles. The molecule has 18 heavy (non-hydrogen) atoms. The lowest BCUT2D eigenvalue weighted by molar-refractivity contribution is 0.486. The molecule has 0 aliphatic rings. The number of unbranched alkanes of at least 4 members (excludes halogenated alkanes) is 2. The highest BCUT2D eigenvalue weighted by molar-refractivity contribution is 7.38. The zero-order chi connectivity index (χ0) is 12.9. The van der Waals surface area contributed by atoms with Crippen molar-refractivity contribution in [1.82, 2.24) is 0 Å². The van der Waals surface area contributed by atoms with Crippen LogP contribution in [-0.4, -0.2) is 12.3 Å². The van der Waals surface area contributed by atoms with Gasteiger partial charge >= 0.3 is 0 Å². The highest BCUT2D eigenvalue weighted by atomic mass is 35.5. The van der Waals surface area contributed by atoms with Crippen LogP contribution in [0.3, 0.4) is 0 Å². The molecule has 0 rings (SSSR count). The van der Waals surface area contributed by atoms with Crippen molar-refractivity contribution in [3.8, 4) is 0 Å². The van der Waals surface area contributed by atoms with E-state index in [0.717, 1.165) is 11.8 Å². The van der Waals surface area contributed by atoms with Crippen molar-refractivity contribution in [3.05, 3.63) is 0 Å². The van der Waals surface area contributed by atoms with Crippen LogP contribution in [0.5, 0.6) is 0 Å². The van der Waals surface area contributed by atoms with Crippen LogP contribution in [0.25, 0.3) is 0 Å². The van der Waals surface area contributed by atoms with Gasteiger partial charge in [0.05, 0.1) is 0 Å². The van der Waals surface area contributed by atoms with E-state index >= 15 is 0 Å². The first-order valence-corrected chi connectivity index (χ1v) is 9.40. The summed E-state index contributed by atoms with van der Waals surface area (Å²) in [5.41, 5.74) is 0. The molecule has 0 aromatic rings. The van der Waals surface area contributed by atoms with Gasteiger partial charge in [-0.2, -0.15) is 0 Å². The van der Waals surface area contributed by atoms with Crippen LogP contribution in [-0.2, 0) is 0 Å². The van der Waals surface area contributed by atoms with Crippen molar-refractivity contribution in [3.63, 3.8) is 0 Å². The minimum atomic E-state index is 0. The van der Waals surface area contributed by atoms with E-state index in [1.54, 1.807) is 0 Å². The maximum atomic E-state index is 2.37. The second kappa shape index (κ2) is 15.8. The maximum absolute atomic E-state index is 2.37. The molecule has 0 bridgehead atoms. The molecular formula is C16H36ClP. The van der Waals surface area contributed by atoms with Gasteiger partial charge in [-0.15, -0.1) is 21.0 Å². The lowest BCUT2D eigenvalue weighted by atomic mass is 10.0. The molecule has 0 nitrogen and oxygen atoms in total. The largest absolute Gasteiger partial charge is 0.147 e. The summed E-state index contributed by atoms with van der Waals surface area (Å²) >= 11 is 0. The minimum Gasteiger partial charge on any atom is -0.147 e. The highest BCUT2D eigenvalue weighted by Gasteiger charge is 2.09. The van der Waals surface area contributed by atoms with Crippen LogP contribution in [0.15, 0.2) is 0 Å². The summed E-state index contributed by atoms with van der Waals surface area (Å²) in [5.74, 6) is 2.05. The zero-order valence-corrected chi connectivity index (χ0v) is 15.0. The van der Waals surface area contributed by atoms with Gasteiger partial charge in [0, 0.05) is 0 Å². The normalized spacial score (nSPS) is 14.7. The van der Waals surface area contributed by atoms with Crippen LogP contribution >= 0.6 is 21.0 Å². The van der Waals surface area contributed by atoms with E-state index in [9.17, 15) is 0 Å². The molecule has 0 heterocycles. The molecule has 0 spiro atoms. The lowest BCUT2D eigenvalue weighted by Gasteiger charge is -2.18. The van der Waals surface area contributed by atoms with Crippen molar-refractivity contribution in [2.45, 2.75) is 79.1 Å². The van der Waals surface area contributed by atoms with Crippen LogP contribution in [0, 0.1) is 11.8 Å². The molecule has 0 radical (unpaired) electrons. The summed E-state index contributed by atoms with van der Waals surface area (Å²) in [5, 5.41) is 0. The van der Waals surface area contributed by atoms with E-state index in [-0.39, 0.29) is 12.4 Å². The van der Waals surface area contributed by atoms with Crippen molar-refractivity contribution in [2.75, 3.05) is 12.3 Å². The van der Waals surface area contributed by atoms with Gasteiger partial charge < -0.3 is 0 Å². The summed E-state index contributed by atoms with van der Waals surface area (Å²) in [6.45, 7) is 9.37. The molecule has 0 aliphatic carbocycles. The van der Waals surface area contributed by atoms with Crippen LogP contribution in [0.4, 0.5) is 0 Å². The number of hydrogen-bond donors (Lipinski definition) is 0. The molecule has 0 aliphatic heterocycles. The predicted molar refractivity (Wildman–Crippen MR) is 91.9 cm³/mol. The van der Waals surface area contributed by atoms with Crippen LogP contribution in [0.1, 0.15) is 79.1 Å². The summed E-state index contributed by atoms with van der Waals surface area (Å²) < 4.78 is 0. The van der Waals surface area contributed by atoms with E-state index in [2.05, 4.69) is 27.7 Å². The summed E-state index contributed by atoms with van der Waals surface area (Å²) in [6.07, 6.45) is 14.4. The average Bonchev–Trinajstić information content (AvgIpc) is 2.37. The molecule has 2 atom stereocenters. The Balaban J connectivity index is 0. The minimum absolute atomic E-state index is 0. The quantitative estimate of drug-likeness (QED) is 0.359. The number of halogens is 1. The van der Waals surface area contributed by atoms with Crippen LogP contribution < -0.4 is 0 Å². The molecule has 0 aromatic heterocycles. The Morgan fingerprint density at radius 2 is 1.11 bits per heavy atom. The summed E-state index contributed by atoms with van der Waals surface area (Å²) in [4.78, 5) is 0. The molecule has 0 amide bonds. The summed E-state index contributed by atoms with van der Waals surface area (Å²) in [6, 6.07) is 0. The Kier molecular flexibility index (Phi) is 18.4. The van der Waals surface area contributed by atoms with Crippen LogP contribution in [0.2, 0.25) is 0 Å². The second-order valence-electron chi connectivity index (χ2n) is 5.49. The van der Waals surface area contributed by atoms with Crippen molar-refractivity contribution < 1.29 is 0 Å². The first-order chi connectivity index (χ1) is 8.28. The zero-order valence-electron chi connectivity index (χ0n) is 13.1. The highest BCUT2D eigenvalue weighted by Crippen LogP contribution is 2.27. The molecule has 2 heteroatoms. The molecular weight excluding hydrogens is 259 g/mol. The Labute approximate surface area is 124 Å².